The molecule has 2 aliphatic rings. The van der Waals surface area contributed by atoms with Crippen LogP contribution in [0.3, 0.4) is 0 Å². The van der Waals surface area contributed by atoms with Crippen molar-refractivity contribution in [3.63, 3.8) is 0 Å². The van der Waals surface area contributed by atoms with Crippen molar-refractivity contribution in [1.29, 1.82) is 0 Å². The van der Waals surface area contributed by atoms with E-state index < -0.39 is 65.1 Å². The maximum absolute atomic E-state index is 13.8. The highest BCUT2D eigenvalue weighted by molar-refractivity contribution is 6.32. The van der Waals surface area contributed by atoms with Crippen LogP contribution in [0.1, 0.15) is 93.3 Å². The maximum atomic E-state index is 13.8. The van der Waals surface area contributed by atoms with Crippen molar-refractivity contribution < 1.29 is 50.6 Å². The second-order valence-electron chi connectivity index (χ2n) is 17.6. The van der Waals surface area contributed by atoms with Crippen LogP contribution in [0.4, 0.5) is 26.3 Å². The highest BCUT2D eigenvalue weighted by Crippen LogP contribution is 2.67. The van der Waals surface area contributed by atoms with Crippen molar-refractivity contribution in [2.24, 2.45) is 28.0 Å². The molecule has 69 heavy (non-hydrogen) atoms. The predicted octanol–water partition coefficient (Wildman–Crippen LogP) is 6.58. The molecule has 3 amide bonds. The molecule has 2 fully saturated rings. The van der Waals surface area contributed by atoms with E-state index in [-0.39, 0.29) is 61.9 Å². The first-order valence-electron chi connectivity index (χ1n) is 21.6. The van der Waals surface area contributed by atoms with E-state index in [1.165, 1.54) is 43.5 Å². The van der Waals surface area contributed by atoms with Gasteiger partial charge < -0.3 is 37.4 Å². The van der Waals surface area contributed by atoms with Crippen molar-refractivity contribution in [3.8, 4) is 0 Å². The Morgan fingerprint density at radius 2 is 1.06 bits per heavy atom. The Kier molecular flexibility index (Phi) is 19.4. The molecule has 2 heterocycles. The van der Waals surface area contributed by atoms with Crippen LogP contribution in [-0.4, -0.2) is 124 Å². The summed E-state index contributed by atoms with van der Waals surface area (Å²) in [6.45, 7) is 0.762. The Balaban J connectivity index is 0.000000249. The van der Waals surface area contributed by atoms with Gasteiger partial charge in [0.1, 0.15) is 12.7 Å². The first kappa shape index (κ1) is 56.1. The third-order valence-corrected chi connectivity index (χ3v) is 13.3. The van der Waals surface area contributed by atoms with Crippen LogP contribution in [0.2, 0.25) is 10.0 Å². The Hall–Kier alpha value is -5.48. The van der Waals surface area contributed by atoms with E-state index in [9.17, 15) is 45.5 Å². The first-order chi connectivity index (χ1) is 32.3. The minimum atomic E-state index is -4.42. The zero-order valence-electron chi connectivity index (χ0n) is 38.3. The molecule has 8 N–H and O–H groups in total. The molecule has 2 aliphatic carbocycles. The van der Waals surface area contributed by atoms with Crippen LogP contribution >= 0.6 is 23.2 Å². The third kappa shape index (κ3) is 15.0. The highest BCUT2D eigenvalue weighted by atomic mass is 35.5. The zero-order chi connectivity index (χ0) is 51.5. The molecular formula is C46H56Cl2F6N10O5. The first-order valence-corrected chi connectivity index (χ1v) is 22.3. The molecule has 23 heteroatoms. The van der Waals surface area contributed by atoms with Gasteiger partial charge in [-0.15, -0.1) is 0 Å². The third-order valence-electron chi connectivity index (χ3n) is 12.6. The van der Waals surface area contributed by atoms with Gasteiger partial charge in [-0.2, -0.15) is 26.3 Å². The summed E-state index contributed by atoms with van der Waals surface area (Å²) >= 11 is 12.4. The Labute approximate surface area is 405 Å². The summed E-state index contributed by atoms with van der Waals surface area (Å²) in [5.74, 6) is -4.96. The molecule has 4 atom stereocenters. The van der Waals surface area contributed by atoms with Crippen molar-refractivity contribution in [2.45, 2.75) is 87.6 Å². The van der Waals surface area contributed by atoms with Crippen LogP contribution in [0.25, 0.3) is 0 Å². The number of aromatic nitrogens is 4. The molecule has 0 spiro atoms. The van der Waals surface area contributed by atoms with E-state index in [2.05, 4.69) is 30.2 Å². The normalized spacial score (nSPS) is 16.4. The minimum absolute atomic E-state index is 0.0243. The largest absolute Gasteiger partial charge is 0.481 e. The smallest absolute Gasteiger partial charge is 0.395 e. The number of aliphatic carboxylic acids is 1. The average molecular weight is 1010 g/mol. The number of rotatable bonds is 19. The maximum Gasteiger partial charge on any atom is 0.395 e. The van der Waals surface area contributed by atoms with Gasteiger partial charge in [0.25, 0.3) is 0 Å². The Morgan fingerprint density at radius 1 is 0.681 bits per heavy atom. The Bertz CT molecular complexity index is 2370. The summed E-state index contributed by atoms with van der Waals surface area (Å²) in [6.07, 6.45) is -0.975. The minimum Gasteiger partial charge on any atom is -0.481 e. The molecule has 2 unspecified atom stereocenters. The molecule has 376 valence electrons. The SMILES string of the molecule is CN(C)[C@H](CN)Cc1ccc(C(N)=O)cc1Cl.CN(C)[C@H](CNC(=O)CC(c1cncnc1)C1(C(F)(F)F)CC1)Cc1ccc(C(N)=O)cc1Cl.O=C(O)CC(c1cncnc1)C1(C(F)(F)F)CC1. The van der Waals surface area contributed by atoms with Crippen molar-refractivity contribution in [2.75, 3.05) is 41.3 Å². The number of carbonyl (C=O) groups is 4. The van der Waals surface area contributed by atoms with Crippen LogP contribution in [0, 0.1) is 10.8 Å². The molecule has 0 aliphatic heterocycles. The number of nitrogens with one attached hydrogen (secondary N) is 1. The lowest BCUT2D eigenvalue weighted by Crippen LogP contribution is -2.42. The van der Waals surface area contributed by atoms with E-state index in [4.69, 9.17) is 45.5 Å². The molecule has 2 aromatic heterocycles. The number of hydrogen-bond acceptors (Lipinski definition) is 11. The average Bonchev–Trinajstić information content (AvgIpc) is 4.22. The molecule has 2 aromatic carbocycles. The molecule has 15 nitrogen and oxygen atoms in total. The van der Waals surface area contributed by atoms with Crippen LogP contribution in [0.15, 0.2) is 73.8 Å². The number of amides is 3. The van der Waals surface area contributed by atoms with E-state index >= 15 is 0 Å². The number of likely N-dealkylation sites (N-methyl/N-ethyl adjacent to an activating group) is 2. The summed E-state index contributed by atoms with van der Waals surface area (Å²) in [5.41, 5.74) is 15.3. The predicted molar refractivity (Wildman–Crippen MR) is 246 cm³/mol. The van der Waals surface area contributed by atoms with Crippen molar-refractivity contribution in [3.05, 3.63) is 117 Å². The number of hydrogen-bond donors (Lipinski definition) is 5. The van der Waals surface area contributed by atoms with Gasteiger partial charge in [-0.05, 0) is 113 Å². The number of nitrogens with two attached hydrogens (primary N) is 3. The standard InChI is InChI=1S/C23H27ClF3N5O2.C12H18ClN3O.C11H11F3N2O2/c1-32(2)17(7-14-3-4-15(21(28)34)8-19(14)24)12-31-20(33)9-18(16-10-29-13-30-11-16)22(5-6-22)23(25,26)27;1-16(2)10(7-14)5-8-3-4-9(12(15)17)6-11(8)13;12-11(13,14)10(1-2-10)8(3-9(17)18)7-4-15-6-16-5-7/h3-4,8,10-11,13,17-18H,5-7,9,12H2,1-2H3,(H2,28,34)(H,31,33);3-4,6,10H,5,7,14H2,1-2H3,(H2,15,17);4-6,8H,1-3H2,(H,17,18)/t17-,18?;10-;/m00./s1. The second-order valence-corrected chi connectivity index (χ2v) is 18.4. The van der Waals surface area contributed by atoms with Gasteiger partial charge in [0, 0.05) is 89.4 Å². The van der Waals surface area contributed by atoms with Crippen LogP contribution in [0.5, 0.6) is 0 Å². The number of carboxylic acid groups (broad SMARTS) is 1. The zero-order valence-corrected chi connectivity index (χ0v) is 39.8. The number of alkyl halides is 6. The highest BCUT2D eigenvalue weighted by Gasteiger charge is 2.68. The van der Waals surface area contributed by atoms with Gasteiger partial charge in [-0.1, -0.05) is 35.3 Å². The van der Waals surface area contributed by atoms with Gasteiger partial charge in [-0.25, -0.2) is 19.9 Å². The van der Waals surface area contributed by atoms with Crippen LogP contribution < -0.4 is 22.5 Å². The number of benzene rings is 2. The monoisotopic (exact) mass is 1010 g/mol. The van der Waals surface area contributed by atoms with Gasteiger partial charge in [-0.3, -0.25) is 19.2 Å². The lowest BCUT2D eigenvalue weighted by Gasteiger charge is -2.29. The summed E-state index contributed by atoms with van der Waals surface area (Å²) in [7, 11) is 7.61. The fourth-order valence-corrected chi connectivity index (χ4v) is 8.51. The molecule has 4 aromatic rings. The fourth-order valence-electron chi connectivity index (χ4n) is 7.99. The second kappa shape index (κ2) is 23.9. The van der Waals surface area contributed by atoms with E-state index in [1.54, 1.807) is 24.3 Å². The number of halogens is 8. The van der Waals surface area contributed by atoms with Gasteiger partial charge in [0.2, 0.25) is 17.7 Å². The van der Waals surface area contributed by atoms with Crippen molar-refractivity contribution >= 4 is 46.9 Å². The summed E-state index contributed by atoms with van der Waals surface area (Å²) < 4.78 is 80.7. The lowest BCUT2D eigenvalue weighted by molar-refractivity contribution is -0.196. The molecule has 6 rings (SSSR count). The lowest BCUT2D eigenvalue weighted by atomic mass is 9.81. The Morgan fingerprint density at radius 3 is 1.36 bits per heavy atom. The fraction of sp³-hybridized carbons (Fsp3) is 0.478. The summed E-state index contributed by atoms with van der Waals surface area (Å²) in [4.78, 5) is 64.8. The van der Waals surface area contributed by atoms with E-state index in [0.717, 1.165) is 17.5 Å². The summed E-state index contributed by atoms with van der Waals surface area (Å²) in [5, 5.41) is 12.5. The topological polar surface area (TPSA) is 237 Å². The quantitative estimate of drug-likeness (QED) is 0.0627. The van der Waals surface area contributed by atoms with Crippen LogP contribution in [-0.2, 0) is 22.4 Å². The molecule has 0 radical (unpaired) electrons. The van der Waals surface area contributed by atoms with Gasteiger partial charge in [0.15, 0.2) is 0 Å². The molecule has 2 saturated carbocycles. The number of nitrogens with zero attached hydrogens (tertiary/aromatic N) is 6. The molecule has 0 saturated heterocycles. The molecule has 0 bridgehead atoms. The number of primary amides is 2. The van der Waals surface area contributed by atoms with Crippen molar-refractivity contribution in [1.82, 2.24) is 35.1 Å². The molecular weight excluding hydrogens is 957 g/mol. The van der Waals surface area contributed by atoms with Gasteiger partial charge in [0.05, 0.1) is 17.3 Å². The van der Waals surface area contributed by atoms with E-state index in [1.807, 2.05) is 39.2 Å². The summed E-state index contributed by atoms with van der Waals surface area (Å²) in [6, 6.07) is 9.93. The van der Waals surface area contributed by atoms with Gasteiger partial charge >= 0.3 is 18.3 Å². The number of carbonyl (C=O) groups excluding carboxylic acids is 3. The van der Waals surface area contributed by atoms with E-state index in [0.29, 0.717) is 34.1 Å². The number of carboxylic acids is 1.